The van der Waals surface area contributed by atoms with Crippen LogP contribution in [0, 0.1) is 0 Å². The van der Waals surface area contributed by atoms with Gasteiger partial charge in [-0.1, -0.05) is 0 Å². The van der Waals surface area contributed by atoms with Crippen molar-refractivity contribution >= 4 is 5.91 Å². The Hall–Kier alpha value is -0.650. The molecule has 1 atom stereocenters. The first-order valence-corrected chi connectivity index (χ1v) is 7.10. The van der Waals surface area contributed by atoms with Gasteiger partial charge in [-0.05, 0) is 39.3 Å². The molecule has 2 saturated heterocycles. The highest BCUT2D eigenvalue weighted by Crippen LogP contribution is 2.13. The predicted octanol–water partition coefficient (Wildman–Crippen LogP) is -0.380. The molecule has 2 aliphatic heterocycles. The Bertz CT molecular complexity index is 276. The molecule has 5 heteroatoms. The third-order valence-electron chi connectivity index (χ3n) is 4.21. The van der Waals surface area contributed by atoms with E-state index in [1.165, 1.54) is 12.8 Å². The third-order valence-corrected chi connectivity index (χ3v) is 4.21. The molecule has 104 valence electrons. The van der Waals surface area contributed by atoms with Crippen LogP contribution in [0.25, 0.3) is 0 Å². The highest BCUT2D eigenvalue weighted by atomic mass is 16.2. The Balaban J connectivity index is 1.63. The number of carbonyl (C=O) groups is 1. The zero-order valence-electron chi connectivity index (χ0n) is 11.4. The molecular formula is C13H26N4O. The molecule has 3 N–H and O–H groups in total. The molecule has 2 heterocycles. The second-order valence-corrected chi connectivity index (χ2v) is 5.69. The summed E-state index contributed by atoms with van der Waals surface area (Å²) < 4.78 is 0. The lowest BCUT2D eigenvalue weighted by Gasteiger charge is -2.29. The average molecular weight is 254 g/mol. The van der Waals surface area contributed by atoms with Crippen molar-refractivity contribution in [2.45, 2.75) is 37.8 Å². The van der Waals surface area contributed by atoms with Gasteiger partial charge in [0, 0.05) is 31.7 Å². The van der Waals surface area contributed by atoms with Crippen LogP contribution in [-0.4, -0.2) is 67.6 Å². The zero-order valence-corrected chi connectivity index (χ0v) is 11.4. The number of nitrogens with zero attached hydrogens (tertiary/aromatic N) is 2. The van der Waals surface area contributed by atoms with Gasteiger partial charge in [0.15, 0.2) is 0 Å². The minimum absolute atomic E-state index is 0.158. The number of piperidine rings is 1. The Morgan fingerprint density at radius 2 is 2.00 bits per heavy atom. The molecule has 0 spiro atoms. The first kappa shape index (κ1) is 13.8. The van der Waals surface area contributed by atoms with E-state index in [9.17, 15) is 4.79 Å². The van der Waals surface area contributed by atoms with Crippen LogP contribution in [0.5, 0.6) is 0 Å². The van der Waals surface area contributed by atoms with Gasteiger partial charge in [0.25, 0.3) is 0 Å². The molecule has 0 aromatic heterocycles. The standard InChI is InChI=1S/C13H26N4O/c1-16-6-2-3-12(16)9-15-13(18)10-17-7-4-11(14)5-8-17/h11-12H,2-10,14H2,1H3,(H,15,18). The number of nitrogens with one attached hydrogen (secondary N) is 1. The van der Waals surface area contributed by atoms with Gasteiger partial charge in [0.05, 0.1) is 6.54 Å². The fraction of sp³-hybridized carbons (Fsp3) is 0.923. The van der Waals surface area contributed by atoms with Gasteiger partial charge in [-0.2, -0.15) is 0 Å². The molecule has 1 unspecified atom stereocenters. The van der Waals surface area contributed by atoms with Gasteiger partial charge in [0.1, 0.15) is 0 Å². The van der Waals surface area contributed by atoms with Crippen molar-refractivity contribution in [1.29, 1.82) is 0 Å². The van der Waals surface area contributed by atoms with Crippen LogP contribution in [0.1, 0.15) is 25.7 Å². The van der Waals surface area contributed by atoms with Gasteiger partial charge >= 0.3 is 0 Å². The molecule has 0 radical (unpaired) electrons. The van der Waals surface area contributed by atoms with E-state index in [0.717, 1.165) is 39.0 Å². The van der Waals surface area contributed by atoms with Crippen molar-refractivity contribution < 1.29 is 4.79 Å². The first-order valence-electron chi connectivity index (χ1n) is 7.10. The molecule has 0 aromatic carbocycles. The van der Waals surface area contributed by atoms with E-state index in [1.54, 1.807) is 0 Å². The summed E-state index contributed by atoms with van der Waals surface area (Å²) in [6.45, 7) is 4.40. The molecule has 2 rings (SSSR count). The molecule has 0 aliphatic carbocycles. The first-order chi connectivity index (χ1) is 8.65. The topological polar surface area (TPSA) is 61.6 Å². The Morgan fingerprint density at radius 1 is 1.28 bits per heavy atom. The van der Waals surface area contributed by atoms with E-state index >= 15 is 0 Å². The minimum atomic E-state index is 0.158. The normalized spacial score (nSPS) is 27.6. The van der Waals surface area contributed by atoms with Crippen molar-refractivity contribution in [1.82, 2.24) is 15.1 Å². The van der Waals surface area contributed by atoms with Crippen LogP contribution in [0.4, 0.5) is 0 Å². The highest BCUT2D eigenvalue weighted by Gasteiger charge is 2.22. The fourth-order valence-corrected chi connectivity index (χ4v) is 2.84. The van der Waals surface area contributed by atoms with Crippen molar-refractivity contribution in [3.63, 3.8) is 0 Å². The van der Waals surface area contributed by atoms with Crippen molar-refractivity contribution in [2.75, 3.05) is 39.8 Å². The summed E-state index contributed by atoms with van der Waals surface area (Å²) in [6, 6.07) is 0.861. The molecule has 18 heavy (non-hydrogen) atoms. The monoisotopic (exact) mass is 254 g/mol. The summed E-state index contributed by atoms with van der Waals surface area (Å²) in [5.74, 6) is 0.158. The maximum absolute atomic E-state index is 11.9. The Morgan fingerprint density at radius 3 is 2.61 bits per heavy atom. The van der Waals surface area contributed by atoms with E-state index in [1.807, 2.05) is 0 Å². The third kappa shape index (κ3) is 3.93. The van der Waals surface area contributed by atoms with Crippen LogP contribution in [0.15, 0.2) is 0 Å². The lowest BCUT2D eigenvalue weighted by molar-refractivity contribution is -0.122. The van der Waals surface area contributed by atoms with Gasteiger partial charge in [-0.25, -0.2) is 0 Å². The summed E-state index contributed by atoms with van der Waals surface area (Å²) in [4.78, 5) is 16.4. The number of carbonyl (C=O) groups excluding carboxylic acids is 1. The lowest BCUT2D eigenvalue weighted by Crippen LogP contribution is -2.46. The van der Waals surface area contributed by atoms with E-state index in [0.29, 0.717) is 18.6 Å². The SMILES string of the molecule is CN1CCCC1CNC(=O)CN1CCC(N)CC1. The highest BCUT2D eigenvalue weighted by molar-refractivity contribution is 5.78. The predicted molar refractivity (Wildman–Crippen MR) is 72.3 cm³/mol. The van der Waals surface area contributed by atoms with Crippen LogP contribution in [-0.2, 0) is 4.79 Å². The molecular weight excluding hydrogens is 228 g/mol. The van der Waals surface area contributed by atoms with Crippen LogP contribution < -0.4 is 11.1 Å². The number of nitrogens with two attached hydrogens (primary N) is 1. The molecule has 5 nitrogen and oxygen atoms in total. The second kappa shape index (κ2) is 6.50. The number of rotatable bonds is 4. The Labute approximate surface area is 110 Å². The van der Waals surface area contributed by atoms with Gasteiger partial charge in [-0.15, -0.1) is 0 Å². The molecule has 2 fully saturated rings. The van der Waals surface area contributed by atoms with Gasteiger partial charge < -0.3 is 16.0 Å². The maximum Gasteiger partial charge on any atom is 0.234 e. The van der Waals surface area contributed by atoms with Crippen LogP contribution >= 0.6 is 0 Å². The zero-order chi connectivity index (χ0) is 13.0. The van der Waals surface area contributed by atoms with Crippen molar-refractivity contribution in [2.24, 2.45) is 5.73 Å². The summed E-state index contributed by atoms with van der Waals surface area (Å²) in [6.07, 6.45) is 4.48. The second-order valence-electron chi connectivity index (χ2n) is 5.69. The average Bonchev–Trinajstić information content (AvgIpc) is 2.75. The fourth-order valence-electron chi connectivity index (χ4n) is 2.84. The number of hydrogen-bond donors (Lipinski definition) is 2. The number of likely N-dealkylation sites (tertiary alicyclic amines) is 2. The van der Waals surface area contributed by atoms with E-state index in [-0.39, 0.29) is 5.91 Å². The summed E-state index contributed by atoms with van der Waals surface area (Å²) >= 11 is 0. The van der Waals surface area contributed by atoms with E-state index < -0.39 is 0 Å². The smallest absolute Gasteiger partial charge is 0.234 e. The Kier molecular flexibility index (Phi) is 4.97. The largest absolute Gasteiger partial charge is 0.353 e. The number of amides is 1. The summed E-state index contributed by atoms with van der Waals surface area (Å²) in [5.41, 5.74) is 5.85. The van der Waals surface area contributed by atoms with E-state index in [2.05, 4.69) is 22.2 Å². The van der Waals surface area contributed by atoms with Crippen LogP contribution in [0.2, 0.25) is 0 Å². The number of hydrogen-bond acceptors (Lipinski definition) is 4. The molecule has 2 aliphatic rings. The quantitative estimate of drug-likeness (QED) is 0.718. The summed E-state index contributed by atoms with van der Waals surface area (Å²) in [7, 11) is 2.13. The van der Waals surface area contributed by atoms with Gasteiger partial charge in [0.2, 0.25) is 5.91 Å². The molecule has 1 amide bonds. The molecule has 0 saturated carbocycles. The lowest BCUT2D eigenvalue weighted by atomic mass is 10.1. The van der Waals surface area contributed by atoms with Crippen LogP contribution in [0.3, 0.4) is 0 Å². The van der Waals surface area contributed by atoms with E-state index in [4.69, 9.17) is 5.73 Å². The maximum atomic E-state index is 11.9. The van der Waals surface area contributed by atoms with Crippen molar-refractivity contribution in [3.05, 3.63) is 0 Å². The molecule has 0 aromatic rings. The minimum Gasteiger partial charge on any atom is -0.353 e. The van der Waals surface area contributed by atoms with Gasteiger partial charge in [-0.3, -0.25) is 9.69 Å². The summed E-state index contributed by atoms with van der Waals surface area (Å²) in [5, 5.41) is 3.06. The van der Waals surface area contributed by atoms with Crippen molar-refractivity contribution in [3.8, 4) is 0 Å². The number of likely N-dealkylation sites (N-methyl/N-ethyl adjacent to an activating group) is 1. The molecule has 0 bridgehead atoms.